The number of carbonyl (C=O) groups excluding carboxylic acids is 1. The number of hydrogen-bond acceptors (Lipinski definition) is 5. The van der Waals surface area contributed by atoms with E-state index in [1.165, 1.54) is 5.56 Å². The highest BCUT2D eigenvalue weighted by molar-refractivity contribution is 5.94. The van der Waals surface area contributed by atoms with E-state index < -0.39 is 0 Å². The molecule has 1 atom stereocenters. The molecule has 1 aromatic carbocycles. The van der Waals surface area contributed by atoms with Crippen LogP contribution in [-0.2, 0) is 22.5 Å². The third-order valence-electron chi connectivity index (χ3n) is 4.27. The minimum absolute atomic E-state index is 0.0289. The number of nitrogens with zero attached hydrogens (tertiary/aromatic N) is 1. The standard InChI is InChI=1S/C19H23NO4/c21-19(7-6-16-9-11-22-13-16)18-12-17(24-20-18)14-23-10-8-15-4-2-1-3-5-15/h1-5,12,16H,6-11,13-14H2. The number of aromatic nitrogens is 1. The van der Waals surface area contributed by atoms with Crippen molar-refractivity contribution in [3.8, 4) is 0 Å². The molecule has 5 nitrogen and oxygen atoms in total. The Kier molecular flexibility index (Phi) is 6.15. The minimum atomic E-state index is 0.0289. The van der Waals surface area contributed by atoms with Crippen molar-refractivity contribution in [1.29, 1.82) is 0 Å². The molecule has 0 saturated carbocycles. The van der Waals surface area contributed by atoms with Crippen LogP contribution in [0.5, 0.6) is 0 Å². The molecular formula is C19H23NO4. The van der Waals surface area contributed by atoms with Gasteiger partial charge in [-0.15, -0.1) is 0 Å². The highest BCUT2D eigenvalue weighted by atomic mass is 16.5. The van der Waals surface area contributed by atoms with Gasteiger partial charge in [-0.1, -0.05) is 35.5 Å². The normalized spacial score (nSPS) is 17.2. The topological polar surface area (TPSA) is 61.6 Å². The maximum absolute atomic E-state index is 12.1. The molecule has 1 aliphatic heterocycles. The summed E-state index contributed by atoms with van der Waals surface area (Å²) in [5, 5.41) is 3.86. The first kappa shape index (κ1) is 16.9. The van der Waals surface area contributed by atoms with E-state index in [9.17, 15) is 4.79 Å². The lowest BCUT2D eigenvalue weighted by molar-refractivity contribution is 0.0956. The highest BCUT2D eigenvalue weighted by Crippen LogP contribution is 2.19. The van der Waals surface area contributed by atoms with Crippen molar-refractivity contribution in [3.05, 3.63) is 53.4 Å². The first-order valence-electron chi connectivity index (χ1n) is 8.49. The Hall–Kier alpha value is -1.98. The van der Waals surface area contributed by atoms with Crippen molar-refractivity contribution in [2.45, 2.75) is 32.3 Å². The van der Waals surface area contributed by atoms with E-state index in [0.29, 0.717) is 37.0 Å². The Balaban J connectivity index is 1.37. The molecule has 2 heterocycles. The first-order valence-corrected chi connectivity index (χ1v) is 8.49. The molecule has 0 amide bonds. The summed E-state index contributed by atoms with van der Waals surface area (Å²) in [5.74, 6) is 1.12. The molecule has 0 radical (unpaired) electrons. The van der Waals surface area contributed by atoms with Gasteiger partial charge >= 0.3 is 0 Å². The molecule has 1 aromatic heterocycles. The van der Waals surface area contributed by atoms with Gasteiger partial charge in [-0.05, 0) is 30.7 Å². The summed E-state index contributed by atoms with van der Waals surface area (Å²) >= 11 is 0. The largest absolute Gasteiger partial charge is 0.381 e. The fraction of sp³-hybridized carbons (Fsp3) is 0.474. The van der Waals surface area contributed by atoms with Crippen LogP contribution in [0.3, 0.4) is 0 Å². The Labute approximate surface area is 141 Å². The molecule has 2 aromatic rings. The summed E-state index contributed by atoms with van der Waals surface area (Å²) < 4.78 is 16.1. The van der Waals surface area contributed by atoms with Gasteiger partial charge in [-0.25, -0.2) is 0 Å². The average Bonchev–Trinajstić information content (AvgIpc) is 3.29. The number of Topliss-reactive ketones (excluding diaryl/α,β-unsaturated/α-hetero) is 1. The highest BCUT2D eigenvalue weighted by Gasteiger charge is 2.19. The van der Waals surface area contributed by atoms with E-state index in [1.807, 2.05) is 18.2 Å². The zero-order valence-electron chi connectivity index (χ0n) is 13.8. The predicted octanol–water partition coefficient (Wildman–Crippen LogP) is 3.43. The number of rotatable bonds is 9. The summed E-state index contributed by atoms with van der Waals surface area (Å²) in [6.45, 7) is 2.53. The van der Waals surface area contributed by atoms with Crippen molar-refractivity contribution < 1.29 is 18.8 Å². The van der Waals surface area contributed by atoms with Crippen LogP contribution < -0.4 is 0 Å². The fourth-order valence-corrected chi connectivity index (χ4v) is 2.79. The quantitative estimate of drug-likeness (QED) is 0.521. The molecular weight excluding hydrogens is 306 g/mol. The van der Waals surface area contributed by atoms with Crippen LogP contribution in [0.1, 0.15) is 41.1 Å². The molecule has 1 aliphatic rings. The van der Waals surface area contributed by atoms with E-state index in [0.717, 1.165) is 32.5 Å². The Bertz CT molecular complexity index is 632. The van der Waals surface area contributed by atoms with Crippen LogP contribution in [0.2, 0.25) is 0 Å². The first-order chi connectivity index (χ1) is 11.8. The van der Waals surface area contributed by atoms with Crippen LogP contribution in [0, 0.1) is 5.92 Å². The smallest absolute Gasteiger partial charge is 0.184 e. The summed E-state index contributed by atoms with van der Waals surface area (Å²) in [6, 6.07) is 11.9. The summed E-state index contributed by atoms with van der Waals surface area (Å²) in [5.41, 5.74) is 1.64. The summed E-state index contributed by atoms with van der Waals surface area (Å²) in [4.78, 5) is 12.1. The SMILES string of the molecule is O=C(CCC1CCOC1)c1cc(COCCc2ccccc2)on1. The molecule has 1 unspecified atom stereocenters. The van der Waals surface area contributed by atoms with Gasteiger partial charge in [0.15, 0.2) is 11.5 Å². The predicted molar refractivity (Wildman–Crippen MR) is 88.8 cm³/mol. The van der Waals surface area contributed by atoms with Gasteiger partial charge in [0.05, 0.1) is 6.61 Å². The molecule has 0 bridgehead atoms. The third-order valence-corrected chi connectivity index (χ3v) is 4.27. The zero-order chi connectivity index (χ0) is 16.6. The van der Waals surface area contributed by atoms with Crippen LogP contribution in [-0.4, -0.2) is 30.8 Å². The van der Waals surface area contributed by atoms with Gasteiger partial charge in [0.1, 0.15) is 12.3 Å². The lowest BCUT2D eigenvalue weighted by Gasteiger charge is -2.04. The lowest BCUT2D eigenvalue weighted by atomic mass is 10.00. The van der Waals surface area contributed by atoms with Gasteiger partial charge in [-0.2, -0.15) is 0 Å². The molecule has 0 spiro atoms. The molecule has 0 N–H and O–H groups in total. The molecule has 5 heteroatoms. The second-order valence-corrected chi connectivity index (χ2v) is 6.16. The van der Waals surface area contributed by atoms with E-state index in [4.69, 9.17) is 14.0 Å². The van der Waals surface area contributed by atoms with Crippen LogP contribution >= 0.6 is 0 Å². The third kappa shape index (κ3) is 5.01. The van der Waals surface area contributed by atoms with Crippen LogP contribution in [0.25, 0.3) is 0 Å². The molecule has 1 saturated heterocycles. The van der Waals surface area contributed by atoms with Gasteiger partial charge in [0, 0.05) is 25.7 Å². The van der Waals surface area contributed by atoms with Crippen molar-refractivity contribution in [3.63, 3.8) is 0 Å². The summed E-state index contributed by atoms with van der Waals surface area (Å²) in [7, 11) is 0. The molecule has 1 fully saturated rings. The monoisotopic (exact) mass is 329 g/mol. The van der Waals surface area contributed by atoms with Crippen molar-refractivity contribution in [2.24, 2.45) is 5.92 Å². The second-order valence-electron chi connectivity index (χ2n) is 6.16. The van der Waals surface area contributed by atoms with E-state index in [-0.39, 0.29) is 5.78 Å². The van der Waals surface area contributed by atoms with Crippen LogP contribution in [0.4, 0.5) is 0 Å². The summed E-state index contributed by atoms with van der Waals surface area (Å²) in [6.07, 6.45) is 3.25. The number of benzene rings is 1. The van der Waals surface area contributed by atoms with Crippen molar-refractivity contribution >= 4 is 5.78 Å². The average molecular weight is 329 g/mol. The molecule has 3 rings (SSSR count). The number of ketones is 1. The Morgan fingerprint density at radius 1 is 1.29 bits per heavy atom. The van der Waals surface area contributed by atoms with E-state index in [2.05, 4.69) is 17.3 Å². The van der Waals surface area contributed by atoms with Gasteiger partial charge in [0.25, 0.3) is 0 Å². The molecule has 128 valence electrons. The molecule has 24 heavy (non-hydrogen) atoms. The Morgan fingerprint density at radius 2 is 2.17 bits per heavy atom. The van der Waals surface area contributed by atoms with Gasteiger partial charge in [0.2, 0.25) is 0 Å². The van der Waals surface area contributed by atoms with E-state index >= 15 is 0 Å². The zero-order valence-corrected chi connectivity index (χ0v) is 13.8. The molecule has 0 aliphatic carbocycles. The Morgan fingerprint density at radius 3 is 2.96 bits per heavy atom. The van der Waals surface area contributed by atoms with Crippen molar-refractivity contribution in [2.75, 3.05) is 19.8 Å². The maximum Gasteiger partial charge on any atom is 0.184 e. The fourth-order valence-electron chi connectivity index (χ4n) is 2.79. The van der Waals surface area contributed by atoms with E-state index in [1.54, 1.807) is 6.07 Å². The minimum Gasteiger partial charge on any atom is -0.381 e. The van der Waals surface area contributed by atoms with Crippen molar-refractivity contribution in [1.82, 2.24) is 5.16 Å². The lowest BCUT2D eigenvalue weighted by Crippen LogP contribution is -2.05. The van der Waals surface area contributed by atoms with Gasteiger partial charge in [-0.3, -0.25) is 4.79 Å². The van der Waals surface area contributed by atoms with Crippen LogP contribution in [0.15, 0.2) is 40.9 Å². The maximum atomic E-state index is 12.1. The number of carbonyl (C=O) groups is 1. The number of hydrogen-bond donors (Lipinski definition) is 0. The van der Waals surface area contributed by atoms with Gasteiger partial charge < -0.3 is 14.0 Å². The number of ether oxygens (including phenoxy) is 2. The second kappa shape index (κ2) is 8.76.